The van der Waals surface area contributed by atoms with Gasteiger partial charge in [0.15, 0.2) is 0 Å². The number of primary sulfonamides is 1. The highest BCUT2D eigenvalue weighted by Crippen LogP contribution is 2.20. The Morgan fingerprint density at radius 2 is 1.93 bits per heavy atom. The molecule has 1 fully saturated rings. The number of piperidine rings is 1. The molecule has 84 valence electrons. The van der Waals surface area contributed by atoms with Gasteiger partial charge in [-0.1, -0.05) is 0 Å². The lowest BCUT2D eigenvalue weighted by Gasteiger charge is -2.28. The maximum absolute atomic E-state index is 10.7. The lowest BCUT2D eigenvalue weighted by molar-refractivity contribution is 0.212. The summed E-state index contributed by atoms with van der Waals surface area (Å²) in [5, 5.41) is 4.94. The van der Waals surface area contributed by atoms with Crippen LogP contribution < -0.4 is 5.14 Å². The van der Waals surface area contributed by atoms with Crippen LogP contribution in [0.4, 0.5) is 0 Å². The van der Waals surface area contributed by atoms with Crippen molar-refractivity contribution in [1.82, 2.24) is 4.90 Å². The summed E-state index contributed by atoms with van der Waals surface area (Å²) in [7, 11) is -1.12. The first-order chi connectivity index (χ1) is 6.47. The molecule has 1 rings (SSSR count). The minimum atomic E-state index is -3.25. The molecule has 0 aromatic heterocycles. The van der Waals surface area contributed by atoms with Crippen LogP contribution in [-0.4, -0.2) is 39.2 Å². The summed E-state index contributed by atoms with van der Waals surface area (Å²) in [6.45, 7) is 2.28. The fourth-order valence-corrected chi connectivity index (χ4v) is 2.49. The monoisotopic (exact) mass is 220 g/mol. The molecule has 1 heterocycles. The highest BCUT2D eigenvalue weighted by molar-refractivity contribution is 7.89. The Kier molecular flexibility index (Phi) is 4.34. The number of hydrogen-bond donors (Lipinski definition) is 1. The van der Waals surface area contributed by atoms with E-state index in [0.29, 0.717) is 12.3 Å². The number of likely N-dealkylation sites (tertiary alicyclic amines) is 1. The molecule has 0 aliphatic carbocycles. The van der Waals surface area contributed by atoms with Gasteiger partial charge in [0.2, 0.25) is 10.0 Å². The average molecular weight is 220 g/mol. The molecule has 0 aromatic carbocycles. The van der Waals surface area contributed by atoms with E-state index < -0.39 is 10.0 Å². The van der Waals surface area contributed by atoms with Crippen molar-refractivity contribution in [2.24, 2.45) is 11.1 Å². The van der Waals surface area contributed by atoms with Crippen molar-refractivity contribution < 1.29 is 8.42 Å². The second kappa shape index (κ2) is 5.09. The predicted octanol–water partition coefficient (Wildman–Crippen LogP) is 0.397. The third-order valence-corrected chi connectivity index (χ3v) is 3.74. The molecule has 0 amide bonds. The van der Waals surface area contributed by atoms with Gasteiger partial charge in [-0.2, -0.15) is 0 Å². The summed E-state index contributed by atoms with van der Waals surface area (Å²) < 4.78 is 21.4. The van der Waals surface area contributed by atoms with Crippen LogP contribution in [0.15, 0.2) is 0 Å². The molecule has 0 radical (unpaired) electrons. The SMILES string of the molecule is CN1CCC(CCCS(N)(=O)=O)CC1. The summed E-state index contributed by atoms with van der Waals surface area (Å²) in [6, 6.07) is 0. The van der Waals surface area contributed by atoms with Crippen molar-refractivity contribution in [2.45, 2.75) is 25.7 Å². The van der Waals surface area contributed by atoms with Gasteiger partial charge in [0, 0.05) is 0 Å². The minimum Gasteiger partial charge on any atom is -0.306 e. The van der Waals surface area contributed by atoms with Crippen LogP contribution in [0.3, 0.4) is 0 Å². The second-order valence-electron chi connectivity index (χ2n) is 4.26. The predicted molar refractivity (Wildman–Crippen MR) is 57.4 cm³/mol. The molecule has 14 heavy (non-hydrogen) atoms. The van der Waals surface area contributed by atoms with Crippen LogP contribution >= 0.6 is 0 Å². The molecule has 1 saturated heterocycles. The first kappa shape index (κ1) is 11.9. The number of sulfonamides is 1. The third kappa shape index (κ3) is 4.93. The van der Waals surface area contributed by atoms with Gasteiger partial charge in [-0.15, -0.1) is 0 Å². The normalized spacial score (nSPS) is 21.3. The van der Waals surface area contributed by atoms with E-state index in [1.165, 1.54) is 12.8 Å². The van der Waals surface area contributed by atoms with Gasteiger partial charge in [-0.3, -0.25) is 0 Å². The average Bonchev–Trinajstić information content (AvgIpc) is 2.06. The van der Waals surface area contributed by atoms with E-state index in [1.54, 1.807) is 0 Å². The maximum atomic E-state index is 10.7. The Morgan fingerprint density at radius 1 is 1.36 bits per heavy atom. The molecule has 1 aliphatic heterocycles. The zero-order chi connectivity index (χ0) is 10.6. The summed E-state index contributed by atoms with van der Waals surface area (Å²) >= 11 is 0. The van der Waals surface area contributed by atoms with E-state index in [2.05, 4.69) is 11.9 Å². The number of rotatable bonds is 4. The van der Waals surface area contributed by atoms with Crippen LogP contribution in [0, 0.1) is 5.92 Å². The first-order valence-corrected chi connectivity index (χ1v) is 6.88. The molecule has 5 heteroatoms. The molecule has 0 spiro atoms. The quantitative estimate of drug-likeness (QED) is 0.746. The van der Waals surface area contributed by atoms with Crippen LogP contribution in [0.2, 0.25) is 0 Å². The van der Waals surface area contributed by atoms with Gasteiger partial charge in [0.1, 0.15) is 0 Å². The Labute approximate surface area is 86.5 Å². The van der Waals surface area contributed by atoms with E-state index in [-0.39, 0.29) is 5.75 Å². The molecule has 2 N–H and O–H groups in total. The first-order valence-electron chi connectivity index (χ1n) is 5.16. The van der Waals surface area contributed by atoms with Gasteiger partial charge < -0.3 is 4.90 Å². The Hall–Kier alpha value is -0.130. The molecule has 4 nitrogen and oxygen atoms in total. The molecule has 0 unspecified atom stereocenters. The molecule has 1 aliphatic rings. The molecule has 0 aromatic rings. The number of nitrogens with two attached hydrogens (primary N) is 1. The van der Waals surface area contributed by atoms with Crippen molar-refractivity contribution in [1.29, 1.82) is 0 Å². The van der Waals surface area contributed by atoms with Crippen molar-refractivity contribution in [3.8, 4) is 0 Å². The largest absolute Gasteiger partial charge is 0.306 e. The van der Waals surface area contributed by atoms with Crippen LogP contribution in [0.1, 0.15) is 25.7 Å². The molecule has 0 atom stereocenters. The van der Waals surface area contributed by atoms with Gasteiger partial charge in [-0.25, -0.2) is 13.6 Å². The summed E-state index contributed by atoms with van der Waals surface area (Å²) in [6.07, 6.45) is 4.11. The highest BCUT2D eigenvalue weighted by Gasteiger charge is 2.16. The van der Waals surface area contributed by atoms with E-state index >= 15 is 0 Å². The number of nitrogens with zero attached hydrogens (tertiary/aromatic N) is 1. The van der Waals surface area contributed by atoms with Crippen LogP contribution in [0.5, 0.6) is 0 Å². The summed E-state index contributed by atoms with van der Waals surface area (Å²) in [5.74, 6) is 0.840. The summed E-state index contributed by atoms with van der Waals surface area (Å²) in [4.78, 5) is 2.32. The Morgan fingerprint density at radius 3 is 2.43 bits per heavy atom. The Balaban J connectivity index is 2.14. The molecular weight excluding hydrogens is 200 g/mol. The van der Waals surface area contributed by atoms with Crippen molar-refractivity contribution in [2.75, 3.05) is 25.9 Å². The lowest BCUT2D eigenvalue weighted by atomic mass is 9.93. The fourth-order valence-electron chi connectivity index (χ4n) is 1.92. The topological polar surface area (TPSA) is 63.4 Å². The summed E-state index contributed by atoms with van der Waals surface area (Å²) in [5.41, 5.74) is 0. The molecule has 0 bridgehead atoms. The van der Waals surface area contributed by atoms with E-state index in [0.717, 1.165) is 19.5 Å². The van der Waals surface area contributed by atoms with Crippen molar-refractivity contribution in [3.63, 3.8) is 0 Å². The van der Waals surface area contributed by atoms with Crippen LogP contribution in [-0.2, 0) is 10.0 Å². The zero-order valence-electron chi connectivity index (χ0n) is 8.78. The van der Waals surface area contributed by atoms with Gasteiger partial charge >= 0.3 is 0 Å². The standard InChI is InChI=1S/C9H20N2O2S/c1-11-6-4-9(5-7-11)3-2-8-14(10,12)13/h9H,2-8H2,1H3,(H2,10,12,13). The van der Waals surface area contributed by atoms with E-state index in [9.17, 15) is 8.42 Å². The van der Waals surface area contributed by atoms with E-state index in [4.69, 9.17) is 5.14 Å². The zero-order valence-corrected chi connectivity index (χ0v) is 9.59. The smallest absolute Gasteiger partial charge is 0.209 e. The van der Waals surface area contributed by atoms with Gasteiger partial charge in [0.25, 0.3) is 0 Å². The third-order valence-electron chi connectivity index (χ3n) is 2.88. The molecular formula is C9H20N2O2S. The Bertz CT molecular complexity index is 256. The lowest BCUT2D eigenvalue weighted by Crippen LogP contribution is -2.30. The van der Waals surface area contributed by atoms with Gasteiger partial charge in [0.05, 0.1) is 5.75 Å². The van der Waals surface area contributed by atoms with Crippen molar-refractivity contribution >= 4 is 10.0 Å². The minimum absolute atomic E-state index is 0.138. The van der Waals surface area contributed by atoms with Crippen LogP contribution in [0.25, 0.3) is 0 Å². The van der Waals surface area contributed by atoms with Crippen molar-refractivity contribution in [3.05, 3.63) is 0 Å². The molecule has 0 saturated carbocycles. The highest BCUT2D eigenvalue weighted by atomic mass is 32.2. The van der Waals surface area contributed by atoms with E-state index in [1.807, 2.05) is 0 Å². The second-order valence-corrected chi connectivity index (χ2v) is 5.99. The number of hydrogen-bond acceptors (Lipinski definition) is 3. The van der Waals surface area contributed by atoms with Gasteiger partial charge in [-0.05, 0) is 51.7 Å². The maximum Gasteiger partial charge on any atom is 0.209 e. The fraction of sp³-hybridized carbons (Fsp3) is 1.00.